The van der Waals surface area contributed by atoms with Crippen LogP contribution in [0.5, 0.6) is 11.5 Å². The number of piperazine rings is 1. The highest BCUT2D eigenvalue weighted by Crippen LogP contribution is 2.31. The Labute approximate surface area is 181 Å². The largest absolute Gasteiger partial charge is 0.485 e. The van der Waals surface area contributed by atoms with Crippen molar-refractivity contribution >= 4 is 34.5 Å². The highest BCUT2D eigenvalue weighted by Gasteiger charge is 2.33. The maximum absolute atomic E-state index is 12.9. The van der Waals surface area contributed by atoms with Crippen molar-refractivity contribution in [3.8, 4) is 21.4 Å². The summed E-state index contributed by atoms with van der Waals surface area (Å²) in [5.74, 6) is 1.04. The first-order chi connectivity index (χ1) is 14.7. The third-order valence-corrected chi connectivity index (χ3v) is 7.00. The van der Waals surface area contributed by atoms with E-state index in [0.717, 1.165) is 9.88 Å². The molecule has 0 unspecified atom stereocenters. The van der Waals surface area contributed by atoms with Crippen molar-refractivity contribution < 1.29 is 19.1 Å². The van der Waals surface area contributed by atoms with Gasteiger partial charge in [0.25, 0.3) is 11.8 Å². The summed E-state index contributed by atoms with van der Waals surface area (Å²) in [7, 11) is 0. The summed E-state index contributed by atoms with van der Waals surface area (Å²) >= 11 is 3.08. The Kier molecular flexibility index (Phi) is 5.14. The fraction of sp³-hybridized carbons (Fsp3) is 0.286. The van der Waals surface area contributed by atoms with Crippen LogP contribution in [0.25, 0.3) is 9.88 Å². The summed E-state index contributed by atoms with van der Waals surface area (Å²) in [6.45, 7) is 2.07. The van der Waals surface area contributed by atoms with Crippen molar-refractivity contribution in [2.24, 2.45) is 0 Å². The van der Waals surface area contributed by atoms with Gasteiger partial charge in [0.1, 0.15) is 17.3 Å². The Hall–Kier alpha value is -2.91. The van der Waals surface area contributed by atoms with Crippen LogP contribution in [0.4, 0.5) is 0 Å². The molecule has 0 saturated carbocycles. The maximum atomic E-state index is 12.9. The fourth-order valence-corrected chi connectivity index (χ4v) is 5.13. The number of thiazole rings is 1. The van der Waals surface area contributed by atoms with Crippen LogP contribution in [-0.4, -0.2) is 65.5 Å². The number of carbonyl (C=O) groups is 2. The number of aromatic nitrogens is 1. The molecule has 2 aliphatic heterocycles. The summed E-state index contributed by atoms with van der Waals surface area (Å²) in [4.78, 5) is 34.7. The molecular formula is C21H19N3O4S2. The zero-order valence-electron chi connectivity index (χ0n) is 16.0. The van der Waals surface area contributed by atoms with Gasteiger partial charge in [0.15, 0.2) is 11.5 Å². The molecule has 2 amide bonds. The molecule has 1 fully saturated rings. The van der Waals surface area contributed by atoms with E-state index in [4.69, 9.17) is 9.47 Å². The summed E-state index contributed by atoms with van der Waals surface area (Å²) in [5.41, 5.74) is 0.462. The Bertz CT molecular complexity index is 1060. The molecule has 7 nitrogen and oxygen atoms in total. The van der Waals surface area contributed by atoms with Gasteiger partial charge < -0.3 is 19.3 Å². The number of rotatable bonds is 3. The van der Waals surface area contributed by atoms with Crippen LogP contribution in [0.3, 0.4) is 0 Å². The van der Waals surface area contributed by atoms with E-state index in [-0.39, 0.29) is 18.4 Å². The maximum Gasteiger partial charge on any atom is 0.273 e. The monoisotopic (exact) mass is 441 g/mol. The van der Waals surface area contributed by atoms with Gasteiger partial charge in [-0.3, -0.25) is 9.59 Å². The lowest BCUT2D eigenvalue weighted by molar-refractivity contribution is -0.142. The average molecular weight is 442 g/mol. The Morgan fingerprint density at radius 1 is 0.967 bits per heavy atom. The third kappa shape index (κ3) is 3.66. The lowest BCUT2D eigenvalue weighted by Crippen LogP contribution is -2.55. The topological polar surface area (TPSA) is 72.0 Å². The predicted molar refractivity (Wildman–Crippen MR) is 114 cm³/mol. The van der Waals surface area contributed by atoms with Crippen LogP contribution in [0.2, 0.25) is 0 Å². The number of benzene rings is 1. The van der Waals surface area contributed by atoms with Crippen molar-refractivity contribution in [1.29, 1.82) is 0 Å². The minimum absolute atomic E-state index is 0.0904. The molecule has 0 aliphatic carbocycles. The molecule has 4 heterocycles. The summed E-state index contributed by atoms with van der Waals surface area (Å²) in [5, 5.41) is 4.66. The Morgan fingerprint density at radius 2 is 1.73 bits per heavy atom. The normalized spacial score (nSPS) is 18.3. The van der Waals surface area contributed by atoms with E-state index in [2.05, 4.69) is 4.98 Å². The number of para-hydroxylation sites is 2. The van der Waals surface area contributed by atoms with Crippen molar-refractivity contribution in [3.63, 3.8) is 0 Å². The number of thiophene rings is 1. The minimum atomic E-state index is -0.658. The molecule has 1 saturated heterocycles. The van der Waals surface area contributed by atoms with E-state index in [1.807, 2.05) is 35.7 Å². The number of nitrogens with zero attached hydrogens (tertiary/aromatic N) is 3. The molecule has 3 aromatic rings. The molecule has 1 aromatic carbocycles. The zero-order chi connectivity index (χ0) is 20.5. The average Bonchev–Trinajstić information content (AvgIpc) is 3.50. The molecule has 0 spiro atoms. The number of ether oxygens (including phenoxy) is 2. The number of carbonyl (C=O) groups excluding carboxylic acids is 2. The molecule has 2 aliphatic rings. The number of amides is 2. The van der Waals surface area contributed by atoms with Crippen LogP contribution < -0.4 is 9.47 Å². The predicted octanol–water partition coefficient (Wildman–Crippen LogP) is 3.00. The standard InChI is InChI=1S/C21H19N3O4S2/c25-20(14-13-30-19(22-14)18-6-3-11-29-18)23-7-9-24(10-8-23)21(26)17-12-27-15-4-1-2-5-16(15)28-17/h1-6,11,13,17H,7-10,12H2/t17-/m1/s1. The van der Waals surface area contributed by atoms with Gasteiger partial charge in [0, 0.05) is 31.6 Å². The highest BCUT2D eigenvalue weighted by molar-refractivity contribution is 7.20. The van der Waals surface area contributed by atoms with Gasteiger partial charge in [-0.2, -0.15) is 0 Å². The molecule has 0 bridgehead atoms. The third-order valence-electron chi connectivity index (χ3n) is 5.12. The van der Waals surface area contributed by atoms with Gasteiger partial charge in [0.05, 0.1) is 4.88 Å². The van der Waals surface area contributed by atoms with Crippen LogP contribution in [0.15, 0.2) is 47.2 Å². The summed E-state index contributed by atoms with van der Waals surface area (Å²) < 4.78 is 11.5. The number of hydrogen-bond acceptors (Lipinski definition) is 7. The quantitative estimate of drug-likeness (QED) is 0.625. The van der Waals surface area contributed by atoms with Crippen molar-refractivity contribution in [2.75, 3.05) is 32.8 Å². The first kappa shape index (κ1) is 19.1. The number of fused-ring (bicyclic) bond motifs is 1. The lowest BCUT2D eigenvalue weighted by Gasteiger charge is -2.37. The molecule has 5 rings (SSSR count). The van der Waals surface area contributed by atoms with E-state index < -0.39 is 6.10 Å². The van der Waals surface area contributed by atoms with Gasteiger partial charge in [-0.1, -0.05) is 18.2 Å². The lowest BCUT2D eigenvalue weighted by atomic mass is 10.2. The smallest absolute Gasteiger partial charge is 0.273 e. The van der Waals surface area contributed by atoms with Crippen molar-refractivity contribution in [1.82, 2.24) is 14.8 Å². The van der Waals surface area contributed by atoms with Crippen LogP contribution in [-0.2, 0) is 4.79 Å². The van der Waals surface area contributed by atoms with Crippen LogP contribution >= 0.6 is 22.7 Å². The molecule has 154 valence electrons. The number of hydrogen-bond donors (Lipinski definition) is 0. The second kappa shape index (κ2) is 8.08. The molecule has 2 aromatic heterocycles. The Balaban J connectivity index is 1.18. The highest BCUT2D eigenvalue weighted by atomic mass is 32.1. The Morgan fingerprint density at radius 3 is 2.50 bits per heavy atom. The molecule has 0 radical (unpaired) electrons. The van der Waals surface area contributed by atoms with Gasteiger partial charge in [-0.15, -0.1) is 22.7 Å². The second-order valence-electron chi connectivity index (χ2n) is 7.00. The summed E-state index contributed by atoms with van der Waals surface area (Å²) in [6, 6.07) is 11.3. The van der Waals surface area contributed by atoms with E-state index in [1.54, 1.807) is 32.6 Å². The van der Waals surface area contributed by atoms with Gasteiger partial charge in [-0.25, -0.2) is 4.98 Å². The SMILES string of the molecule is O=C(c1csc(-c2cccs2)n1)N1CCN(C(=O)[C@H]2COc3ccccc3O2)CC1. The molecule has 0 N–H and O–H groups in total. The summed E-state index contributed by atoms with van der Waals surface area (Å²) in [6.07, 6.45) is -0.658. The molecular weight excluding hydrogens is 422 g/mol. The van der Waals surface area contributed by atoms with Crippen LogP contribution in [0, 0.1) is 0 Å². The van der Waals surface area contributed by atoms with Gasteiger partial charge in [-0.05, 0) is 23.6 Å². The zero-order valence-corrected chi connectivity index (χ0v) is 17.7. The molecule has 9 heteroatoms. The van der Waals surface area contributed by atoms with Crippen LogP contribution in [0.1, 0.15) is 10.5 Å². The van der Waals surface area contributed by atoms with Gasteiger partial charge >= 0.3 is 0 Å². The molecule has 30 heavy (non-hydrogen) atoms. The van der Waals surface area contributed by atoms with Gasteiger partial charge in [0.2, 0.25) is 6.10 Å². The van der Waals surface area contributed by atoms with E-state index >= 15 is 0 Å². The molecule has 1 atom stereocenters. The minimum Gasteiger partial charge on any atom is -0.485 e. The fourth-order valence-electron chi connectivity index (χ4n) is 3.52. The van der Waals surface area contributed by atoms with Crippen molar-refractivity contribution in [3.05, 3.63) is 52.9 Å². The first-order valence-corrected chi connectivity index (χ1v) is 11.4. The second-order valence-corrected chi connectivity index (χ2v) is 8.80. The first-order valence-electron chi connectivity index (χ1n) is 9.65. The van der Waals surface area contributed by atoms with E-state index in [0.29, 0.717) is 43.4 Å². The van der Waals surface area contributed by atoms with E-state index in [1.165, 1.54) is 11.3 Å². The van der Waals surface area contributed by atoms with E-state index in [9.17, 15) is 9.59 Å². The van der Waals surface area contributed by atoms with Crippen molar-refractivity contribution in [2.45, 2.75) is 6.10 Å².